The largest absolute Gasteiger partial charge is 0.443 e. The van der Waals surface area contributed by atoms with Gasteiger partial charge in [0, 0.05) is 23.5 Å². The molecule has 38 heavy (non-hydrogen) atoms. The summed E-state index contributed by atoms with van der Waals surface area (Å²) in [5, 5.41) is 9.24. The van der Waals surface area contributed by atoms with E-state index in [4.69, 9.17) is 4.74 Å². The van der Waals surface area contributed by atoms with E-state index in [-0.39, 0.29) is 18.1 Å². The third kappa shape index (κ3) is 5.88. The molecular weight excluding hydrogens is 474 g/mol. The molecule has 1 amide bonds. The fourth-order valence-corrected chi connectivity index (χ4v) is 4.93. The highest BCUT2D eigenvalue weighted by Crippen LogP contribution is 2.42. The Labute approximate surface area is 224 Å². The maximum Gasteiger partial charge on any atom is 0.415 e. The van der Waals surface area contributed by atoms with Crippen LogP contribution in [0.3, 0.4) is 0 Å². The predicted molar refractivity (Wildman–Crippen MR) is 148 cm³/mol. The molecule has 0 aliphatic carbocycles. The third-order valence-electron chi connectivity index (χ3n) is 6.65. The quantitative estimate of drug-likeness (QED) is 0.296. The van der Waals surface area contributed by atoms with E-state index in [0.29, 0.717) is 13.1 Å². The van der Waals surface area contributed by atoms with Gasteiger partial charge in [-0.05, 0) is 44.2 Å². The molecular formula is C31H35N5O2. The standard InChI is InChI=1S/C31H35N5O2/c1-23-15-16-28(26-17-32-34(21-26)19-24-11-7-5-8-12-24)36(30(37)38-31(2,3)4)29(23)27-18-33-35(22-27)20-25-13-9-6-10-14-25/h5-14,16-18,21-23,29H,15,19-20H2,1-4H3. The van der Waals surface area contributed by atoms with Crippen LogP contribution in [0.25, 0.3) is 5.70 Å². The van der Waals surface area contributed by atoms with Crippen LogP contribution >= 0.6 is 0 Å². The zero-order chi connectivity index (χ0) is 26.7. The summed E-state index contributed by atoms with van der Waals surface area (Å²) >= 11 is 0. The summed E-state index contributed by atoms with van der Waals surface area (Å²) in [5.41, 5.74) is 4.41. The molecule has 0 fully saturated rings. The van der Waals surface area contributed by atoms with Crippen LogP contribution in [-0.2, 0) is 17.8 Å². The van der Waals surface area contributed by atoms with Gasteiger partial charge in [-0.25, -0.2) is 4.79 Å². The topological polar surface area (TPSA) is 65.2 Å². The van der Waals surface area contributed by atoms with Crippen molar-refractivity contribution in [3.63, 3.8) is 0 Å². The highest BCUT2D eigenvalue weighted by atomic mass is 16.6. The van der Waals surface area contributed by atoms with E-state index in [2.05, 4.69) is 47.5 Å². The monoisotopic (exact) mass is 509 g/mol. The fourth-order valence-electron chi connectivity index (χ4n) is 4.93. The Balaban J connectivity index is 1.46. The minimum Gasteiger partial charge on any atom is -0.443 e. The minimum atomic E-state index is -0.623. The smallest absolute Gasteiger partial charge is 0.415 e. The Hall–Kier alpha value is -4.13. The first-order chi connectivity index (χ1) is 18.3. The normalized spacial score (nSPS) is 17.8. The summed E-state index contributed by atoms with van der Waals surface area (Å²) in [5.74, 6) is 0.181. The Kier molecular flexibility index (Phi) is 7.18. The molecule has 0 N–H and O–H groups in total. The molecule has 1 aliphatic rings. The number of rotatable bonds is 6. The summed E-state index contributed by atoms with van der Waals surface area (Å²) in [7, 11) is 0. The Morgan fingerprint density at radius 3 is 2.08 bits per heavy atom. The van der Waals surface area contributed by atoms with Crippen LogP contribution in [0.1, 0.15) is 62.4 Å². The number of nitrogens with zero attached hydrogens (tertiary/aromatic N) is 5. The number of benzene rings is 2. The SMILES string of the molecule is CC1CC=C(c2cnn(Cc3ccccc3)c2)N(C(=O)OC(C)(C)C)C1c1cnn(Cc2ccccc2)c1. The molecule has 7 heteroatoms. The molecule has 196 valence electrons. The van der Waals surface area contributed by atoms with Crippen molar-refractivity contribution < 1.29 is 9.53 Å². The Bertz CT molecular complexity index is 1400. The fraction of sp³-hybridized carbons (Fsp3) is 0.323. The van der Waals surface area contributed by atoms with Crippen LogP contribution in [0.2, 0.25) is 0 Å². The van der Waals surface area contributed by atoms with Gasteiger partial charge in [-0.3, -0.25) is 14.3 Å². The number of ether oxygens (including phenoxy) is 1. The lowest BCUT2D eigenvalue weighted by molar-refractivity contribution is 0.0233. The molecule has 2 atom stereocenters. The van der Waals surface area contributed by atoms with Gasteiger partial charge in [0.1, 0.15) is 5.60 Å². The summed E-state index contributed by atoms with van der Waals surface area (Å²) in [6, 6.07) is 20.3. The molecule has 7 nitrogen and oxygen atoms in total. The van der Waals surface area contributed by atoms with Crippen LogP contribution in [0.5, 0.6) is 0 Å². The van der Waals surface area contributed by atoms with Crippen molar-refractivity contribution in [3.05, 3.63) is 114 Å². The maximum atomic E-state index is 13.7. The minimum absolute atomic E-state index is 0.181. The summed E-state index contributed by atoms with van der Waals surface area (Å²) in [4.78, 5) is 15.5. The molecule has 0 radical (unpaired) electrons. The summed E-state index contributed by atoms with van der Waals surface area (Å²) in [6.07, 6.45) is 10.3. The van der Waals surface area contributed by atoms with E-state index in [0.717, 1.165) is 23.2 Å². The zero-order valence-corrected chi connectivity index (χ0v) is 22.5. The average Bonchev–Trinajstić information content (AvgIpc) is 3.54. The second-order valence-corrected chi connectivity index (χ2v) is 11.0. The average molecular weight is 510 g/mol. The van der Waals surface area contributed by atoms with Gasteiger partial charge in [0.15, 0.2) is 0 Å². The number of hydrogen-bond donors (Lipinski definition) is 0. The zero-order valence-electron chi connectivity index (χ0n) is 22.5. The van der Waals surface area contributed by atoms with E-state index in [9.17, 15) is 4.79 Å². The van der Waals surface area contributed by atoms with Gasteiger partial charge in [-0.15, -0.1) is 0 Å². The lowest BCUT2D eigenvalue weighted by Gasteiger charge is -2.40. The van der Waals surface area contributed by atoms with Gasteiger partial charge in [-0.1, -0.05) is 73.7 Å². The molecule has 2 aromatic carbocycles. The molecule has 2 aromatic heterocycles. The molecule has 1 aliphatic heterocycles. The molecule has 3 heterocycles. The Morgan fingerprint density at radius 1 is 0.895 bits per heavy atom. The van der Waals surface area contributed by atoms with Gasteiger partial charge in [0.25, 0.3) is 0 Å². The first kappa shape index (κ1) is 25.5. The number of carbonyl (C=O) groups excluding carboxylic acids is 1. The van der Waals surface area contributed by atoms with Crippen LogP contribution in [0.4, 0.5) is 4.79 Å². The molecule has 0 bridgehead atoms. The van der Waals surface area contributed by atoms with Crippen molar-refractivity contribution >= 4 is 11.8 Å². The van der Waals surface area contributed by atoms with Crippen molar-refractivity contribution in [2.24, 2.45) is 5.92 Å². The van der Waals surface area contributed by atoms with Gasteiger partial charge < -0.3 is 4.74 Å². The van der Waals surface area contributed by atoms with Crippen LogP contribution in [-0.4, -0.2) is 36.2 Å². The number of carbonyl (C=O) groups is 1. The van der Waals surface area contributed by atoms with Crippen molar-refractivity contribution in [1.29, 1.82) is 0 Å². The number of aromatic nitrogens is 4. The lowest BCUT2D eigenvalue weighted by Crippen LogP contribution is -2.42. The third-order valence-corrected chi connectivity index (χ3v) is 6.65. The molecule has 0 saturated carbocycles. The van der Waals surface area contributed by atoms with Crippen molar-refractivity contribution in [2.45, 2.75) is 58.8 Å². The van der Waals surface area contributed by atoms with E-state index >= 15 is 0 Å². The van der Waals surface area contributed by atoms with Gasteiger partial charge in [-0.2, -0.15) is 10.2 Å². The summed E-state index contributed by atoms with van der Waals surface area (Å²) < 4.78 is 9.76. The van der Waals surface area contributed by atoms with Gasteiger partial charge >= 0.3 is 6.09 Å². The van der Waals surface area contributed by atoms with E-state index in [1.54, 1.807) is 4.90 Å². The first-order valence-corrected chi connectivity index (χ1v) is 13.1. The number of allylic oxidation sites excluding steroid dienone is 1. The second-order valence-electron chi connectivity index (χ2n) is 11.0. The van der Waals surface area contributed by atoms with Crippen molar-refractivity contribution in [2.75, 3.05) is 0 Å². The maximum absolute atomic E-state index is 13.7. The highest BCUT2D eigenvalue weighted by molar-refractivity contribution is 5.83. The van der Waals surface area contributed by atoms with Crippen LogP contribution in [0.15, 0.2) is 91.5 Å². The van der Waals surface area contributed by atoms with Gasteiger partial charge in [0.2, 0.25) is 0 Å². The molecule has 2 unspecified atom stereocenters. The van der Waals surface area contributed by atoms with Crippen LogP contribution in [0, 0.1) is 5.92 Å². The number of amides is 1. The van der Waals surface area contributed by atoms with Crippen molar-refractivity contribution in [1.82, 2.24) is 24.5 Å². The molecule has 0 spiro atoms. The lowest BCUT2D eigenvalue weighted by atomic mass is 9.87. The predicted octanol–water partition coefficient (Wildman–Crippen LogP) is 6.54. The molecule has 5 rings (SSSR count). The van der Waals surface area contributed by atoms with Crippen LogP contribution < -0.4 is 0 Å². The van der Waals surface area contributed by atoms with E-state index in [1.165, 1.54) is 11.1 Å². The summed E-state index contributed by atoms with van der Waals surface area (Å²) in [6.45, 7) is 9.18. The molecule has 0 saturated heterocycles. The van der Waals surface area contributed by atoms with E-state index in [1.807, 2.05) is 91.3 Å². The number of hydrogen-bond acceptors (Lipinski definition) is 4. The highest BCUT2D eigenvalue weighted by Gasteiger charge is 2.39. The molecule has 4 aromatic rings. The Morgan fingerprint density at radius 2 is 1.47 bits per heavy atom. The van der Waals surface area contributed by atoms with Gasteiger partial charge in [0.05, 0.1) is 37.2 Å². The van der Waals surface area contributed by atoms with Crippen molar-refractivity contribution in [3.8, 4) is 0 Å². The first-order valence-electron chi connectivity index (χ1n) is 13.1. The second kappa shape index (κ2) is 10.7. The van der Waals surface area contributed by atoms with E-state index < -0.39 is 5.60 Å².